The second kappa shape index (κ2) is 8.03. The standard InChI is InChI=1S/C23H26F2N6O/c1-3-31-20-8-9-29(23(32)27-19-10-16(24)6-7-18(19)25)13-17(20)21(28-31)22-26-11-14(2)30(22)12-15-4-5-15/h6-7,10-11,15H,3-5,8-9,12-13H2,1-2H3,(H,27,32). The topological polar surface area (TPSA) is 68.0 Å². The maximum atomic E-state index is 14.0. The molecule has 3 aromatic rings. The minimum Gasteiger partial charge on any atom is -0.327 e. The molecule has 3 heterocycles. The third-order valence-corrected chi connectivity index (χ3v) is 6.30. The van der Waals surface area contributed by atoms with Crippen LogP contribution in [-0.2, 0) is 26.1 Å². The van der Waals surface area contributed by atoms with Crippen molar-refractivity contribution >= 4 is 11.7 Å². The van der Waals surface area contributed by atoms with Crippen molar-refractivity contribution in [2.45, 2.75) is 52.7 Å². The maximum Gasteiger partial charge on any atom is 0.322 e. The fourth-order valence-corrected chi connectivity index (χ4v) is 4.33. The second-order valence-electron chi connectivity index (χ2n) is 8.59. The molecule has 2 aromatic heterocycles. The molecule has 1 fully saturated rings. The lowest BCUT2D eigenvalue weighted by Gasteiger charge is -2.28. The van der Waals surface area contributed by atoms with Crippen molar-refractivity contribution in [1.29, 1.82) is 0 Å². The van der Waals surface area contributed by atoms with Crippen LogP contribution >= 0.6 is 0 Å². The Kier molecular flexibility index (Phi) is 5.19. The molecule has 5 rings (SSSR count). The van der Waals surface area contributed by atoms with Gasteiger partial charge in [-0.2, -0.15) is 5.10 Å². The number of aryl methyl sites for hydroxylation is 2. The second-order valence-corrected chi connectivity index (χ2v) is 8.59. The van der Waals surface area contributed by atoms with Crippen LogP contribution in [0.4, 0.5) is 19.3 Å². The van der Waals surface area contributed by atoms with Gasteiger partial charge in [-0.3, -0.25) is 4.68 Å². The van der Waals surface area contributed by atoms with Crippen LogP contribution in [-0.4, -0.2) is 36.8 Å². The number of aromatic nitrogens is 4. The van der Waals surface area contributed by atoms with E-state index in [0.717, 1.165) is 59.8 Å². The Morgan fingerprint density at radius 1 is 1.28 bits per heavy atom. The number of nitrogens with one attached hydrogen (secondary N) is 1. The number of carbonyl (C=O) groups is 1. The molecular weight excluding hydrogens is 414 g/mol. The average Bonchev–Trinajstić information content (AvgIpc) is 3.44. The first kappa shape index (κ1) is 20.7. The third kappa shape index (κ3) is 3.76. The fraction of sp³-hybridized carbons (Fsp3) is 0.435. The summed E-state index contributed by atoms with van der Waals surface area (Å²) in [5, 5.41) is 7.36. The number of amides is 2. The van der Waals surface area contributed by atoms with Gasteiger partial charge in [-0.15, -0.1) is 0 Å². The highest BCUT2D eigenvalue weighted by molar-refractivity contribution is 5.89. The third-order valence-electron chi connectivity index (χ3n) is 6.30. The lowest BCUT2D eigenvalue weighted by atomic mass is 10.0. The van der Waals surface area contributed by atoms with E-state index in [2.05, 4.69) is 21.8 Å². The summed E-state index contributed by atoms with van der Waals surface area (Å²) in [5.41, 5.74) is 3.79. The van der Waals surface area contributed by atoms with Crippen molar-refractivity contribution in [1.82, 2.24) is 24.2 Å². The van der Waals surface area contributed by atoms with Gasteiger partial charge in [-0.25, -0.2) is 18.6 Å². The Hall–Kier alpha value is -3.23. The van der Waals surface area contributed by atoms with E-state index < -0.39 is 17.7 Å². The monoisotopic (exact) mass is 440 g/mol. The molecule has 0 radical (unpaired) electrons. The summed E-state index contributed by atoms with van der Waals surface area (Å²) in [7, 11) is 0. The number of carbonyl (C=O) groups excluding carboxylic acids is 1. The normalized spacial score (nSPS) is 15.7. The van der Waals surface area contributed by atoms with Crippen molar-refractivity contribution in [3.63, 3.8) is 0 Å². The van der Waals surface area contributed by atoms with E-state index in [-0.39, 0.29) is 5.69 Å². The van der Waals surface area contributed by atoms with E-state index in [0.29, 0.717) is 25.4 Å². The van der Waals surface area contributed by atoms with Crippen LogP contribution in [0.3, 0.4) is 0 Å². The van der Waals surface area contributed by atoms with Crippen LogP contribution in [0.25, 0.3) is 11.5 Å². The molecule has 0 bridgehead atoms. The highest BCUT2D eigenvalue weighted by Gasteiger charge is 2.31. The Morgan fingerprint density at radius 2 is 2.09 bits per heavy atom. The van der Waals surface area contributed by atoms with Crippen LogP contribution in [0.5, 0.6) is 0 Å². The summed E-state index contributed by atoms with van der Waals surface area (Å²) >= 11 is 0. The number of fused-ring (bicyclic) bond motifs is 1. The van der Waals surface area contributed by atoms with Crippen molar-refractivity contribution < 1.29 is 13.6 Å². The van der Waals surface area contributed by atoms with Crippen LogP contribution in [0.15, 0.2) is 24.4 Å². The van der Waals surface area contributed by atoms with E-state index in [4.69, 9.17) is 5.10 Å². The van der Waals surface area contributed by atoms with Gasteiger partial charge in [-0.1, -0.05) is 0 Å². The average molecular weight is 440 g/mol. The van der Waals surface area contributed by atoms with Crippen molar-refractivity contribution in [2.24, 2.45) is 5.92 Å². The largest absolute Gasteiger partial charge is 0.327 e. The van der Waals surface area contributed by atoms with E-state index in [9.17, 15) is 13.6 Å². The summed E-state index contributed by atoms with van der Waals surface area (Å²) in [5.74, 6) is 0.243. The first-order valence-corrected chi connectivity index (χ1v) is 11.1. The number of hydrogen-bond acceptors (Lipinski definition) is 3. The van der Waals surface area contributed by atoms with Crippen LogP contribution in [0.1, 0.15) is 36.7 Å². The minimum atomic E-state index is -0.672. The molecule has 1 aliphatic carbocycles. The van der Waals surface area contributed by atoms with Gasteiger partial charge < -0.3 is 14.8 Å². The molecule has 1 aromatic carbocycles. The molecule has 2 aliphatic rings. The summed E-state index contributed by atoms with van der Waals surface area (Å²) in [6.45, 7) is 6.56. The number of anilines is 1. The van der Waals surface area contributed by atoms with E-state index in [1.54, 1.807) is 4.90 Å². The number of benzene rings is 1. The van der Waals surface area contributed by atoms with E-state index in [1.807, 2.05) is 17.8 Å². The molecule has 168 valence electrons. The molecule has 0 saturated heterocycles. The smallest absolute Gasteiger partial charge is 0.322 e. The molecule has 1 saturated carbocycles. The van der Waals surface area contributed by atoms with Crippen LogP contribution < -0.4 is 5.32 Å². The van der Waals surface area contributed by atoms with Gasteiger partial charge in [0.1, 0.15) is 17.3 Å². The van der Waals surface area contributed by atoms with Crippen LogP contribution in [0, 0.1) is 24.5 Å². The molecule has 2 amide bonds. The van der Waals surface area contributed by atoms with Gasteiger partial charge in [0, 0.05) is 55.3 Å². The number of rotatable bonds is 5. The Morgan fingerprint density at radius 3 is 2.84 bits per heavy atom. The Balaban J connectivity index is 1.44. The van der Waals surface area contributed by atoms with Gasteiger partial charge in [0.25, 0.3) is 0 Å². The highest BCUT2D eigenvalue weighted by Crippen LogP contribution is 2.35. The molecule has 0 spiro atoms. The van der Waals surface area contributed by atoms with Gasteiger partial charge in [0.15, 0.2) is 5.82 Å². The number of urea groups is 1. The van der Waals surface area contributed by atoms with Gasteiger partial charge in [0.05, 0.1) is 12.2 Å². The molecular formula is C23H26F2N6O. The SMILES string of the molecule is CCn1nc(-c2ncc(C)n2CC2CC2)c2c1CCN(C(=O)Nc1cc(F)ccc1F)C2. The zero-order valence-corrected chi connectivity index (χ0v) is 18.2. The van der Waals surface area contributed by atoms with Gasteiger partial charge in [-0.05, 0) is 44.7 Å². The van der Waals surface area contributed by atoms with Crippen LogP contribution in [0.2, 0.25) is 0 Å². The van der Waals surface area contributed by atoms with Gasteiger partial charge in [0.2, 0.25) is 0 Å². The molecule has 1 N–H and O–H groups in total. The summed E-state index contributed by atoms with van der Waals surface area (Å²) < 4.78 is 31.7. The predicted molar refractivity (Wildman–Crippen MR) is 116 cm³/mol. The zero-order valence-electron chi connectivity index (χ0n) is 18.2. The predicted octanol–water partition coefficient (Wildman–Crippen LogP) is 4.35. The molecule has 32 heavy (non-hydrogen) atoms. The lowest BCUT2D eigenvalue weighted by molar-refractivity contribution is 0.205. The maximum absolute atomic E-state index is 14.0. The van der Waals surface area contributed by atoms with E-state index >= 15 is 0 Å². The summed E-state index contributed by atoms with van der Waals surface area (Å²) in [6.07, 6.45) is 4.99. The fourth-order valence-electron chi connectivity index (χ4n) is 4.33. The number of hydrogen-bond donors (Lipinski definition) is 1. The summed E-state index contributed by atoms with van der Waals surface area (Å²) in [6, 6.07) is 2.55. The highest BCUT2D eigenvalue weighted by atomic mass is 19.1. The Labute approximate surface area is 185 Å². The molecule has 0 unspecified atom stereocenters. The molecule has 9 heteroatoms. The first-order valence-electron chi connectivity index (χ1n) is 11.1. The van der Waals surface area contributed by atoms with Crippen molar-refractivity contribution in [3.05, 3.63) is 53.0 Å². The zero-order chi connectivity index (χ0) is 22.4. The summed E-state index contributed by atoms with van der Waals surface area (Å²) in [4.78, 5) is 19.1. The Bertz CT molecular complexity index is 1180. The number of imidazole rings is 1. The number of halogens is 2. The van der Waals surface area contributed by atoms with Crippen molar-refractivity contribution in [2.75, 3.05) is 11.9 Å². The molecule has 0 atom stereocenters. The first-order chi connectivity index (χ1) is 15.4. The minimum absolute atomic E-state index is 0.166. The van der Waals surface area contributed by atoms with Crippen molar-refractivity contribution in [3.8, 4) is 11.5 Å². The quantitative estimate of drug-likeness (QED) is 0.641. The lowest BCUT2D eigenvalue weighted by Crippen LogP contribution is -2.39. The van der Waals surface area contributed by atoms with E-state index in [1.165, 1.54) is 12.8 Å². The molecule has 1 aliphatic heterocycles. The molecule has 7 nitrogen and oxygen atoms in total. The number of nitrogens with zero attached hydrogens (tertiary/aromatic N) is 5. The van der Waals surface area contributed by atoms with Gasteiger partial charge >= 0.3 is 6.03 Å².